The number of hydrogen-bond donors (Lipinski definition) is 1. The smallest absolute Gasteiger partial charge is 0.324 e. The van der Waals surface area contributed by atoms with Crippen LogP contribution in [-0.2, 0) is 6.18 Å². The molecule has 1 aliphatic heterocycles. The molecule has 2 amide bonds. The average molecular weight is 450 g/mol. The highest BCUT2D eigenvalue weighted by molar-refractivity contribution is 7.14. The molecule has 0 aliphatic carbocycles. The number of urea groups is 1. The zero-order chi connectivity index (χ0) is 22.0. The molecule has 31 heavy (non-hydrogen) atoms. The molecule has 1 N–H and O–H groups in total. The number of carbonyl (C=O) groups is 1. The average Bonchev–Trinajstić information content (AvgIpc) is 3.24. The highest BCUT2D eigenvalue weighted by atomic mass is 32.1. The van der Waals surface area contributed by atoms with Gasteiger partial charge >= 0.3 is 12.2 Å². The molecule has 10 heteroatoms. The van der Waals surface area contributed by atoms with E-state index in [4.69, 9.17) is 0 Å². The van der Waals surface area contributed by atoms with Crippen LogP contribution < -0.4 is 5.32 Å². The topological polar surface area (TPSA) is 58.1 Å². The first-order valence-corrected chi connectivity index (χ1v) is 10.4. The van der Waals surface area contributed by atoms with Crippen molar-refractivity contribution < 1.29 is 22.4 Å². The number of nitrogens with zero attached hydrogens (tertiary/aromatic N) is 3. The van der Waals surface area contributed by atoms with Gasteiger partial charge in [-0.3, -0.25) is 0 Å². The lowest BCUT2D eigenvalue weighted by Gasteiger charge is -2.31. The van der Waals surface area contributed by atoms with Crippen LogP contribution in [0.1, 0.15) is 29.3 Å². The molecular weight excluding hydrogens is 432 g/mol. The van der Waals surface area contributed by atoms with Crippen LogP contribution in [0.2, 0.25) is 0 Å². The molecule has 0 radical (unpaired) electrons. The number of alkyl halides is 3. The molecule has 162 valence electrons. The second-order valence-electron chi connectivity index (χ2n) is 7.22. The van der Waals surface area contributed by atoms with E-state index in [-0.39, 0.29) is 17.4 Å². The second-order valence-corrected chi connectivity index (χ2v) is 8.23. The van der Waals surface area contributed by atoms with Crippen LogP contribution in [0.5, 0.6) is 0 Å². The van der Waals surface area contributed by atoms with Crippen molar-refractivity contribution >= 4 is 23.1 Å². The predicted octanol–water partition coefficient (Wildman–Crippen LogP) is 5.77. The number of benzene rings is 2. The van der Waals surface area contributed by atoms with Gasteiger partial charge in [-0.1, -0.05) is 29.5 Å². The zero-order valence-corrected chi connectivity index (χ0v) is 17.0. The number of nitrogens with one attached hydrogen (secondary N) is 1. The molecule has 1 saturated heterocycles. The van der Waals surface area contributed by atoms with Gasteiger partial charge in [0.1, 0.15) is 10.8 Å². The van der Waals surface area contributed by atoms with Gasteiger partial charge in [-0.15, -0.1) is 10.2 Å². The summed E-state index contributed by atoms with van der Waals surface area (Å²) in [5.74, 6) is -0.449. The van der Waals surface area contributed by atoms with E-state index in [0.717, 1.165) is 25.0 Å². The minimum atomic E-state index is -4.48. The van der Waals surface area contributed by atoms with E-state index < -0.39 is 17.8 Å². The first-order valence-electron chi connectivity index (χ1n) is 9.63. The second kappa shape index (κ2) is 8.62. The van der Waals surface area contributed by atoms with E-state index in [9.17, 15) is 22.4 Å². The van der Waals surface area contributed by atoms with Crippen molar-refractivity contribution in [3.05, 3.63) is 64.9 Å². The predicted molar refractivity (Wildman–Crippen MR) is 109 cm³/mol. The van der Waals surface area contributed by atoms with Crippen LogP contribution in [0.4, 0.5) is 28.0 Å². The van der Waals surface area contributed by atoms with Gasteiger partial charge in [-0.05, 0) is 43.2 Å². The fourth-order valence-electron chi connectivity index (χ4n) is 3.48. The molecule has 4 rings (SSSR count). The van der Waals surface area contributed by atoms with Crippen molar-refractivity contribution in [1.29, 1.82) is 0 Å². The molecule has 0 bridgehead atoms. The standard InChI is InChI=1S/C21H18F4N4OS/c22-17-9-2-1-8-16(17)19-28-27-18(31-19)13-5-4-10-29(12-13)20(30)26-15-7-3-6-14(11-15)21(23,24)25/h1-3,6-9,11,13H,4-5,10,12H2,(H,26,30). The maximum atomic E-state index is 14.0. The first-order chi connectivity index (χ1) is 14.8. The van der Waals surface area contributed by atoms with Crippen molar-refractivity contribution in [2.24, 2.45) is 0 Å². The lowest BCUT2D eigenvalue weighted by molar-refractivity contribution is -0.137. The number of piperidine rings is 1. The Bertz CT molecular complexity index is 1080. The van der Waals surface area contributed by atoms with Gasteiger partial charge in [0.2, 0.25) is 0 Å². The lowest BCUT2D eigenvalue weighted by Crippen LogP contribution is -2.41. The largest absolute Gasteiger partial charge is 0.416 e. The fourth-order valence-corrected chi connectivity index (χ4v) is 4.48. The van der Waals surface area contributed by atoms with Crippen LogP contribution in [0.15, 0.2) is 48.5 Å². The van der Waals surface area contributed by atoms with E-state index in [2.05, 4.69) is 15.5 Å². The Kier molecular flexibility index (Phi) is 5.90. The number of aromatic nitrogens is 2. The minimum Gasteiger partial charge on any atom is -0.324 e. The van der Waals surface area contributed by atoms with Gasteiger partial charge in [0.25, 0.3) is 0 Å². The summed E-state index contributed by atoms with van der Waals surface area (Å²) in [6.07, 6.45) is -2.97. The van der Waals surface area contributed by atoms with Crippen LogP contribution in [0, 0.1) is 5.82 Å². The van der Waals surface area contributed by atoms with E-state index in [1.807, 2.05) is 0 Å². The third-order valence-corrected chi connectivity index (χ3v) is 6.16. The van der Waals surface area contributed by atoms with Gasteiger partial charge in [-0.25, -0.2) is 9.18 Å². The Morgan fingerprint density at radius 2 is 1.94 bits per heavy atom. The van der Waals surface area contributed by atoms with E-state index in [1.165, 1.54) is 29.5 Å². The molecule has 1 atom stereocenters. The number of hydrogen-bond acceptors (Lipinski definition) is 4. The molecule has 3 aromatic rings. The highest BCUT2D eigenvalue weighted by Gasteiger charge is 2.31. The number of likely N-dealkylation sites (tertiary alicyclic amines) is 1. The molecule has 2 aromatic carbocycles. The quantitative estimate of drug-likeness (QED) is 0.515. The van der Waals surface area contributed by atoms with Crippen molar-refractivity contribution in [3.8, 4) is 10.6 Å². The van der Waals surface area contributed by atoms with Crippen LogP contribution >= 0.6 is 11.3 Å². The summed E-state index contributed by atoms with van der Waals surface area (Å²) in [7, 11) is 0. The molecule has 5 nitrogen and oxygen atoms in total. The summed E-state index contributed by atoms with van der Waals surface area (Å²) >= 11 is 1.28. The Morgan fingerprint density at radius 3 is 2.71 bits per heavy atom. The van der Waals surface area contributed by atoms with Gasteiger partial charge in [0.05, 0.1) is 5.56 Å². The molecule has 0 saturated carbocycles. The van der Waals surface area contributed by atoms with Gasteiger partial charge in [-0.2, -0.15) is 13.2 Å². The summed E-state index contributed by atoms with van der Waals surface area (Å²) in [5, 5.41) is 12.0. The van der Waals surface area contributed by atoms with Crippen molar-refractivity contribution in [2.75, 3.05) is 18.4 Å². The minimum absolute atomic E-state index is 0.0703. The Morgan fingerprint density at radius 1 is 1.13 bits per heavy atom. The van der Waals surface area contributed by atoms with Gasteiger partial charge in [0.15, 0.2) is 5.01 Å². The summed E-state index contributed by atoms with van der Waals surface area (Å²) in [5.41, 5.74) is -0.364. The number of halogens is 4. The molecule has 2 heterocycles. The first kappa shape index (κ1) is 21.2. The fraction of sp³-hybridized carbons (Fsp3) is 0.286. The number of amides is 2. The van der Waals surface area contributed by atoms with Crippen molar-refractivity contribution in [3.63, 3.8) is 0 Å². The number of anilines is 1. The number of rotatable bonds is 3. The van der Waals surface area contributed by atoms with E-state index in [1.54, 1.807) is 23.1 Å². The van der Waals surface area contributed by atoms with Crippen LogP contribution in [0.3, 0.4) is 0 Å². The van der Waals surface area contributed by atoms with Crippen molar-refractivity contribution in [2.45, 2.75) is 24.9 Å². The third kappa shape index (κ3) is 4.84. The summed E-state index contributed by atoms with van der Waals surface area (Å²) in [6, 6.07) is 10.4. The van der Waals surface area contributed by atoms with Crippen LogP contribution in [0.25, 0.3) is 10.6 Å². The van der Waals surface area contributed by atoms with E-state index in [0.29, 0.717) is 28.7 Å². The maximum Gasteiger partial charge on any atom is 0.416 e. The summed E-state index contributed by atoms with van der Waals surface area (Å²) < 4.78 is 52.7. The molecule has 1 unspecified atom stereocenters. The monoisotopic (exact) mass is 450 g/mol. The highest BCUT2D eigenvalue weighted by Crippen LogP contribution is 2.34. The summed E-state index contributed by atoms with van der Waals surface area (Å²) in [4.78, 5) is 14.2. The normalized spacial score (nSPS) is 16.9. The van der Waals surface area contributed by atoms with Crippen LogP contribution in [-0.4, -0.2) is 34.2 Å². The van der Waals surface area contributed by atoms with Gasteiger partial charge in [0, 0.05) is 30.3 Å². The molecule has 1 aliphatic rings. The zero-order valence-electron chi connectivity index (χ0n) is 16.2. The number of carbonyl (C=O) groups excluding carboxylic acids is 1. The van der Waals surface area contributed by atoms with Gasteiger partial charge < -0.3 is 10.2 Å². The Labute approximate surface area is 179 Å². The molecule has 1 fully saturated rings. The van der Waals surface area contributed by atoms with Crippen molar-refractivity contribution in [1.82, 2.24) is 15.1 Å². The Hall–Kier alpha value is -3.01. The van der Waals surface area contributed by atoms with E-state index >= 15 is 0 Å². The third-order valence-electron chi connectivity index (χ3n) is 5.04. The SMILES string of the molecule is O=C(Nc1cccc(C(F)(F)F)c1)N1CCCC(c2nnc(-c3ccccc3F)s2)C1. The Balaban J connectivity index is 1.44. The molecule has 0 spiro atoms. The maximum absolute atomic E-state index is 14.0. The summed E-state index contributed by atoms with van der Waals surface area (Å²) in [6.45, 7) is 0.844. The molecule has 1 aromatic heterocycles. The lowest BCUT2D eigenvalue weighted by atomic mass is 9.99. The molecular formula is C21H18F4N4OS.